The van der Waals surface area contributed by atoms with Crippen LogP contribution in [0.25, 0.3) is 0 Å². The van der Waals surface area contributed by atoms with E-state index in [2.05, 4.69) is 10.6 Å². The number of carbonyl (C=O) groups excluding carboxylic acids is 2. The monoisotopic (exact) mass is 416 g/mol. The molecule has 1 unspecified atom stereocenters. The van der Waals surface area contributed by atoms with E-state index in [1.54, 1.807) is 44.3 Å². The number of nitrogens with one attached hydrogen (secondary N) is 2. The van der Waals surface area contributed by atoms with Gasteiger partial charge in [0.1, 0.15) is 11.6 Å². The quantitative estimate of drug-likeness (QED) is 0.647. The molecular weight excluding hydrogens is 388 g/mol. The van der Waals surface area contributed by atoms with E-state index >= 15 is 0 Å². The van der Waals surface area contributed by atoms with Crippen molar-refractivity contribution in [3.05, 3.63) is 9.81 Å². The Morgan fingerprint density at radius 2 is 1.81 bits per heavy atom. The molecule has 1 saturated carbocycles. The summed E-state index contributed by atoms with van der Waals surface area (Å²) in [5.41, 5.74) is 0.519. The summed E-state index contributed by atoms with van der Waals surface area (Å²) in [6.45, 7) is 6.63. The first-order valence-corrected chi connectivity index (χ1v) is 11.0. The average Bonchev–Trinajstić information content (AvgIpc) is 2.94. The fourth-order valence-corrected chi connectivity index (χ4v) is 5.97. The van der Waals surface area contributed by atoms with E-state index in [0.29, 0.717) is 12.8 Å². The molecule has 3 atom stereocenters. The zero-order valence-electron chi connectivity index (χ0n) is 16.2. The van der Waals surface area contributed by atoms with Crippen LogP contribution in [0.4, 0.5) is 4.79 Å². The minimum Gasteiger partial charge on any atom is -0.480 e. The third kappa shape index (κ3) is 6.64. The van der Waals surface area contributed by atoms with Gasteiger partial charge in [-0.05, 0) is 57.1 Å². The van der Waals surface area contributed by atoms with Gasteiger partial charge in [-0.25, -0.2) is 9.59 Å². The van der Waals surface area contributed by atoms with Crippen LogP contribution in [0.5, 0.6) is 0 Å². The number of carbonyl (C=O) groups is 3. The molecule has 0 aromatic carbocycles. The number of ether oxygens (including phenoxy) is 1. The highest BCUT2D eigenvalue weighted by atomic mass is 32.2. The Morgan fingerprint density at radius 3 is 2.33 bits per heavy atom. The maximum Gasteiger partial charge on any atom is 0.407 e. The largest absolute Gasteiger partial charge is 0.480 e. The van der Waals surface area contributed by atoms with Gasteiger partial charge in [-0.1, -0.05) is 0 Å². The van der Waals surface area contributed by atoms with Crippen molar-refractivity contribution in [1.82, 2.24) is 10.6 Å². The number of hydrogen-bond donors (Lipinski definition) is 3. The number of amides is 2. The number of alkyl carbamates (subject to hydrolysis) is 1. The highest BCUT2D eigenvalue weighted by molar-refractivity contribution is 8.22. The van der Waals surface area contributed by atoms with E-state index in [1.165, 1.54) is 11.2 Å². The first-order chi connectivity index (χ1) is 12.6. The maximum absolute atomic E-state index is 12.3. The summed E-state index contributed by atoms with van der Waals surface area (Å²) < 4.78 is 6.57. The SMILES string of the molecule is CC(=O)NC(C(=O)O)[C@H]1CC(=C2SCCCS2)C[C@@H]1NC(=O)OC(C)(C)C. The summed E-state index contributed by atoms with van der Waals surface area (Å²) in [6.07, 6.45) is 1.69. The number of aliphatic carboxylic acids is 1. The lowest BCUT2D eigenvalue weighted by Crippen LogP contribution is -2.52. The number of rotatable bonds is 4. The van der Waals surface area contributed by atoms with Crippen LogP contribution < -0.4 is 10.6 Å². The third-order valence-electron chi connectivity index (χ3n) is 4.26. The molecule has 0 aromatic rings. The van der Waals surface area contributed by atoms with E-state index in [1.807, 2.05) is 0 Å². The predicted octanol–water partition coefficient (Wildman–Crippen LogP) is 2.96. The van der Waals surface area contributed by atoms with Crippen molar-refractivity contribution in [1.29, 1.82) is 0 Å². The van der Waals surface area contributed by atoms with E-state index in [9.17, 15) is 19.5 Å². The van der Waals surface area contributed by atoms with Crippen molar-refractivity contribution >= 4 is 41.5 Å². The van der Waals surface area contributed by atoms with Gasteiger partial charge in [0, 0.05) is 23.1 Å². The first-order valence-electron chi connectivity index (χ1n) is 9.04. The average molecular weight is 417 g/mol. The Labute approximate surface area is 168 Å². The smallest absolute Gasteiger partial charge is 0.407 e. The van der Waals surface area contributed by atoms with Crippen molar-refractivity contribution in [3.8, 4) is 0 Å². The van der Waals surface area contributed by atoms with Crippen LogP contribution in [0, 0.1) is 5.92 Å². The van der Waals surface area contributed by atoms with Crippen molar-refractivity contribution in [2.24, 2.45) is 5.92 Å². The van der Waals surface area contributed by atoms with Crippen molar-refractivity contribution in [3.63, 3.8) is 0 Å². The second kappa shape index (κ2) is 9.23. The lowest BCUT2D eigenvalue weighted by atomic mass is 9.94. The molecule has 152 valence electrons. The van der Waals surface area contributed by atoms with Gasteiger partial charge in [-0.2, -0.15) is 0 Å². The van der Waals surface area contributed by atoms with Crippen molar-refractivity contribution in [2.45, 2.75) is 64.6 Å². The molecule has 1 saturated heterocycles. The van der Waals surface area contributed by atoms with Crippen molar-refractivity contribution in [2.75, 3.05) is 11.5 Å². The van der Waals surface area contributed by atoms with E-state index in [0.717, 1.165) is 23.5 Å². The second-order valence-electron chi connectivity index (χ2n) is 7.78. The van der Waals surface area contributed by atoms with E-state index in [4.69, 9.17) is 4.74 Å². The van der Waals surface area contributed by atoms with E-state index in [-0.39, 0.29) is 0 Å². The predicted molar refractivity (Wildman–Crippen MR) is 108 cm³/mol. The van der Waals surface area contributed by atoms with Gasteiger partial charge in [0.25, 0.3) is 0 Å². The standard InChI is InChI=1S/C18H28N2O5S2/c1-10(21)19-14(15(22)23)12-8-11(16-26-6-5-7-27-16)9-13(12)20-17(24)25-18(2,3)4/h12-14H,5-9H2,1-4H3,(H,19,21)(H,20,24)(H,22,23)/t12-,13-,14?/m0/s1. The molecule has 2 rings (SSSR count). The molecule has 9 heteroatoms. The molecule has 2 fully saturated rings. The topological polar surface area (TPSA) is 105 Å². The van der Waals surface area contributed by atoms with Gasteiger partial charge in [0.05, 0.1) is 0 Å². The zero-order chi connectivity index (χ0) is 20.2. The highest BCUT2D eigenvalue weighted by Crippen LogP contribution is 2.44. The molecule has 0 bridgehead atoms. The molecule has 1 heterocycles. The molecule has 27 heavy (non-hydrogen) atoms. The van der Waals surface area contributed by atoms with Gasteiger partial charge < -0.3 is 20.5 Å². The Hall–Kier alpha value is -1.35. The van der Waals surface area contributed by atoms with Gasteiger partial charge in [-0.15, -0.1) is 23.5 Å². The number of carboxylic acids is 1. The van der Waals surface area contributed by atoms with Gasteiger partial charge in [0.2, 0.25) is 5.91 Å². The summed E-state index contributed by atoms with van der Waals surface area (Å²) in [7, 11) is 0. The Balaban J connectivity index is 2.23. The van der Waals surface area contributed by atoms with Crippen LogP contribution in [-0.4, -0.2) is 52.3 Å². The van der Waals surface area contributed by atoms with Crippen LogP contribution in [0.15, 0.2) is 9.81 Å². The van der Waals surface area contributed by atoms with E-state index < -0.39 is 41.6 Å². The van der Waals surface area contributed by atoms with Gasteiger partial charge in [0.15, 0.2) is 0 Å². The molecule has 3 N–H and O–H groups in total. The van der Waals surface area contributed by atoms with Gasteiger partial charge >= 0.3 is 12.1 Å². The number of thioether (sulfide) groups is 2. The maximum atomic E-state index is 12.3. The fourth-order valence-electron chi connectivity index (χ4n) is 3.27. The Morgan fingerprint density at radius 1 is 1.19 bits per heavy atom. The summed E-state index contributed by atoms with van der Waals surface area (Å²) in [4.78, 5) is 35.6. The van der Waals surface area contributed by atoms with Crippen LogP contribution in [-0.2, 0) is 14.3 Å². The minimum absolute atomic E-state index is 0.402. The molecule has 2 aliphatic rings. The molecule has 1 aliphatic carbocycles. The lowest BCUT2D eigenvalue weighted by molar-refractivity contribution is -0.143. The summed E-state index contributed by atoms with van der Waals surface area (Å²) in [5, 5.41) is 15.0. The lowest BCUT2D eigenvalue weighted by Gasteiger charge is -2.28. The molecule has 7 nitrogen and oxygen atoms in total. The number of hydrogen-bond acceptors (Lipinski definition) is 6. The summed E-state index contributed by atoms with van der Waals surface area (Å²) in [5.74, 6) is 0.176. The first kappa shape index (κ1) is 21.9. The minimum atomic E-state index is -1.10. The normalized spacial score (nSPS) is 24.3. The molecular formula is C18H28N2O5S2. The molecule has 2 amide bonds. The Kier molecular flexibility index (Phi) is 7.50. The summed E-state index contributed by atoms with van der Waals surface area (Å²) >= 11 is 3.58. The van der Waals surface area contributed by atoms with Crippen LogP contribution >= 0.6 is 23.5 Å². The third-order valence-corrected chi connectivity index (χ3v) is 7.06. The van der Waals surface area contributed by atoms with Crippen LogP contribution in [0.1, 0.15) is 47.0 Å². The number of carboxylic acid groups (broad SMARTS) is 1. The van der Waals surface area contributed by atoms with Crippen LogP contribution in [0.2, 0.25) is 0 Å². The fraction of sp³-hybridized carbons (Fsp3) is 0.722. The molecule has 0 radical (unpaired) electrons. The zero-order valence-corrected chi connectivity index (χ0v) is 17.8. The molecule has 1 aliphatic heterocycles. The highest BCUT2D eigenvalue weighted by Gasteiger charge is 2.42. The molecule has 0 aromatic heterocycles. The summed E-state index contributed by atoms with van der Waals surface area (Å²) in [6, 6.07) is -1.46. The van der Waals surface area contributed by atoms with Crippen molar-refractivity contribution < 1.29 is 24.2 Å². The molecule has 0 spiro atoms. The Bertz CT molecular complexity index is 622. The second-order valence-corrected chi connectivity index (χ2v) is 10.3. The van der Waals surface area contributed by atoms with Crippen LogP contribution in [0.3, 0.4) is 0 Å². The van der Waals surface area contributed by atoms with Gasteiger partial charge in [-0.3, -0.25) is 4.79 Å².